The maximum Gasteiger partial charge on any atom is 0.254 e. The molecule has 0 N–H and O–H groups in total. The Morgan fingerprint density at radius 2 is 1.67 bits per heavy atom. The van der Waals surface area contributed by atoms with Crippen molar-refractivity contribution in [2.45, 2.75) is 6.54 Å². The molecule has 0 spiro atoms. The van der Waals surface area contributed by atoms with Gasteiger partial charge in [0.2, 0.25) is 0 Å². The number of hydrogen-bond acceptors (Lipinski definition) is 3. The number of nitrogens with zero attached hydrogens (tertiary/aromatic N) is 2. The summed E-state index contributed by atoms with van der Waals surface area (Å²) in [6, 6.07) is 22.5. The van der Waals surface area contributed by atoms with E-state index in [1.165, 1.54) is 16.3 Å². The molecule has 0 aromatic heterocycles. The highest BCUT2D eigenvalue weighted by Gasteiger charge is 2.22. The largest absolute Gasteiger partial charge is 0.497 e. The van der Waals surface area contributed by atoms with Gasteiger partial charge in [-0.15, -0.1) is 0 Å². The molecule has 138 valence electrons. The molecule has 1 fully saturated rings. The first-order valence-electron chi connectivity index (χ1n) is 9.36. The number of hydrogen-bond donors (Lipinski definition) is 0. The average Bonchev–Trinajstić information content (AvgIpc) is 2.74. The fourth-order valence-electron chi connectivity index (χ4n) is 3.64. The van der Waals surface area contributed by atoms with Gasteiger partial charge in [-0.2, -0.15) is 0 Å². The summed E-state index contributed by atoms with van der Waals surface area (Å²) in [4.78, 5) is 17.1. The molecule has 4 rings (SSSR count). The molecule has 1 amide bonds. The van der Waals surface area contributed by atoms with Crippen LogP contribution in [-0.2, 0) is 6.54 Å². The fraction of sp³-hybridized carbons (Fsp3) is 0.261. The number of amides is 1. The number of rotatable bonds is 4. The minimum absolute atomic E-state index is 0.0826. The van der Waals surface area contributed by atoms with Crippen molar-refractivity contribution in [3.63, 3.8) is 0 Å². The Bertz CT molecular complexity index is 946. The van der Waals surface area contributed by atoms with Gasteiger partial charge in [0.25, 0.3) is 5.91 Å². The number of ether oxygens (including phenoxy) is 1. The van der Waals surface area contributed by atoms with Gasteiger partial charge in [-0.25, -0.2) is 0 Å². The number of methoxy groups -OCH3 is 1. The van der Waals surface area contributed by atoms with Crippen LogP contribution in [0.4, 0.5) is 0 Å². The summed E-state index contributed by atoms with van der Waals surface area (Å²) in [5.41, 5.74) is 2.01. The molecular formula is C23H24N2O2. The van der Waals surface area contributed by atoms with Crippen molar-refractivity contribution in [1.29, 1.82) is 0 Å². The Hall–Kier alpha value is -2.85. The first-order chi connectivity index (χ1) is 13.2. The van der Waals surface area contributed by atoms with Gasteiger partial charge in [0, 0.05) is 38.3 Å². The summed E-state index contributed by atoms with van der Waals surface area (Å²) in [5.74, 6) is 0.801. The molecule has 4 heteroatoms. The van der Waals surface area contributed by atoms with Gasteiger partial charge in [-0.1, -0.05) is 42.5 Å². The predicted octanol–water partition coefficient (Wildman–Crippen LogP) is 3.81. The van der Waals surface area contributed by atoms with E-state index in [2.05, 4.69) is 47.4 Å². The molecule has 0 bridgehead atoms. The van der Waals surface area contributed by atoms with Crippen LogP contribution in [-0.4, -0.2) is 49.0 Å². The molecular weight excluding hydrogens is 336 g/mol. The number of piperazine rings is 1. The number of carbonyl (C=O) groups is 1. The van der Waals surface area contributed by atoms with Crippen molar-refractivity contribution >= 4 is 16.7 Å². The third kappa shape index (κ3) is 3.96. The molecule has 27 heavy (non-hydrogen) atoms. The van der Waals surface area contributed by atoms with E-state index in [9.17, 15) is 4.79 Å². The lowest BCUT2D eigenvalue weighted by atomic mass is 10.1. The number of carbonyl (C=O) groups excluding carboxylic acids is 1. The van der Waals surface area contributed by atoms with Gasteiger partial charge in [0.1, 0.15) is 5.75 Å². The van der Waals surface area contributed by atoms with Crippen molar-refractivity contribution in [1.82, 2.24) is 9.80 Å². The van der Waals surface area contributed by atoms with Crippen LogP contribution < -0.4 is 4.74 Å². The Labute approximate surface area is 160 Å². The Morgan fingerprint density at radius 3 is 2.44 bits per heavy atom. The normalized spacial score (nSPS) is 15.1. The summed E-state index contributed by atoms with van der Waals surface area (Å²) in [7, 11) is 1.62. The van der Waals surface area contributed by atoms with Crippen LogP contribution in [0.25, 0.3) is 10.8 Å². The highest BCUT2D eigenvalue weighted by atomic mass is 16.5. The van der Waals surface area contributed by atoms with Crippen LogP contribution in [0, 0.1) is 0 Å². The second-order valence-electron chi connectivity index (χ2n) is 6.98. The Balaban J connectivity index is 1.37. The molecule has 0 aliphatic carbocycles. The predicted molar refractivity (Wildman–Crippen MR) is 108 cm³/mol. The molecule has 4 nitrogen and oxygen atoms in total. The zero-order chi connectivity index (χ0) is 18.6. The number of benzene rings is 3. The molecule has 0 atom stereocenters. The van der Waals surface area contributed by atoms with Crippen LogP contribution in [0.2, 0.25) is 0 Å². The second kappa shape index (κ2) is 7.80. The smallest absolute Gasteiger partial charge is 0.254 e. The first-order valence-corrected chi connectivity index (χ1v) is 9.36. The van der Waals surface area contributed by atoms with Gasteiger partial charge in [-0.3, -0.25) is 9.69 Å². The standard InChI is InChI=1S/C23H24N2O2/c1-27-22-8-4-7-21(16-22)23(26)25-13-11-24(12-14-25)17-18-9-10-19-5-2-3-6-20(19)15-18/h2-10,15-16H,11-14,17H2,1H3. The average molecular weight is 360 g/mol. The summed E-state index contributed by atoms with van der Waals surface area (Å²) in [5, 5.41) is 2.55. The van der Waals surface area contributed by atoms with Gasteiger partial charge in [0.15, 0.2) is 0 Å². The SMILES string of the molecule is COc1cccc(C(=O)N2CCN(Cc3ccc4ccccc4c3)CC2)c1. The lowest BCUT2D eigenvalue weighted by Gasteiger charge is -2.35. The molecule has 1 heterocycles. The molecule has 3 aromatic carbocycles. The molecule has 1 aliphatic heterocycles. The summed E-state index contributed by atoms with van der Waals surface area (Å²) in [6.07, 6.45) is 0. The van der Waals surface area contributed by atoms with E-state index in [1.54, 1.807) is 7.11 Å². The maximum atomic E-state index is 12.7. The van der Waals surface area contributed by atoms with Crippen molar-refractivity contribution in [2.24, 2.45) is 0 Å². The molecule has 1 saturated heterocycles. The zero-order valence-corrected chi connectivity index (χ0v) is 15.6. The topological polar surface area (TPSA) is 32.8 Å². The third-order valence-corrected chi connectivity index (χ3v) is 5.20. The van der Waals surface area contributed by atoms with Gasteiger partial charge >= 0.3 is 0 Å². The van der Waals surface area contributed by atoms with Crippen LogP contribution in [0.15, 0.2) is 66.7 Å². The number of fused-ring (bicyclic) bond motifs is 1. The van der Waals surface area contributed by atoms with Crippen molar-refractivity contribution in [3.05, 3.63) is 77.9 Å². The molecule has 0 unspecified atom stereocenters. The molecule has 0 saturated carbocycles. The summed E-state index contributed by atoms with van der Waals surface area (Å²) in [6.45, 7) is 4.21. The summed E-state index contributed by atoms with van der Waals surface area (Å²) >= 11 is 0. The van der Waals surface area contributed by atoms with Crippen LogP contribution >= 0.6 is 0 Å². The van der Waals surface area contributed by atoms with E-state index in [0.29, 0.717) is 5.56 Å². The van der Waals surface area contributed by atoms with Crippen molar-refractivity contribution in [2.75, 3.05) is 33.3 Å². The minimum Gasteiger partial charge on any atom is -0.497 e. The van der Waals surface area contributed by atoms with Gasteiger partial charge < -0.3 is 9.64 Å². The van der Waals surface area contributed by atoms with E-state index in [-0.39, 0.29) is 5.91 Å². The summed E-state index contributed by atoms with van der Waals surface area (Å²) < 4.78 is 5.23. The lowest BCUT2D eigenvalue weighted by molar-refractivity contribution is 0.0628. The highest BCUT2D eigenvalue weighted by molar-refractivity contribution is 5.94. The quantitative estimate of drug-likeness (QED) is 0.709. The van der Waals surface area contributed by atoms with E-state index in [0.717, 1.165) is 38.5 Å². The first kappa shape index (κ1) is 17.6. The van der Waals surface area contributed by atoms with Crippen LogP contribution in [0.1, 0.15) is 15.9 Å². The van der Waals surface area contributed by atoms with Gasteiger partial charge in [-0.05, 0) is 40.6 Å². The lowest BCUT2D eigenvalue weighted by Crippen LogP contribution is -2.48. The van der Waals surface area contributed by atoms with Crippen LogP contribution in [0.5, 0.6) is 5.75 Å². The minimum atomic E-state index is 0.0826. The van der Waals surface area contributed by atoms with Crippen molar-refractivity contribution < 1.29 is 9.53 Å². The van der Waals surface area contributed by atoms with E-state index < -0.39 is 0 Å². The molecule has 3 aromatic rings. The van der Waals surface area contributed by atoms with Crippen LogP contribution in [0.3, 0.4) is 0 Å². The Morgan fingerprint density at radius 1 is 0.889 bits per heavy atom. The zero-order valence-electron chi connectivity index (χ0n) is 15.6. The monoisotopic (exact) mass is 360 g/mol. The van der Waals surface area contributed by atoms with E-state index >= 15 is 0 Å². The molecule has 1 aliphatic rings. The third-order valence-electron chi connectivity index (χ3n) is 5.20. The van der Waals surface area contributed by atoms with E-state index in [4.69, 9.17) is 4.74 Å². The second-order valence-corrected chi connectivity index (χ2v) is 6.98. The van der Waals surface area contributed by atoms with Gasteiger partial charge in [0.05, 0.1) is 7.11 Å². The maximum absolute atomic E-state index is 12.7. The fourth-order valence-corrected chi connectivity index (χ4v) is 3.64. The van der Waals surface area contributed by atoms with E-state index in [1.807, 2.05) is 29.2 Å². The van der Waals surface area contributed by atoms with Crippen molar-refractivity contribution in [3.8, 4) is 5.75 Å². The Kier molecular flexibility index (Phi) is 5.07. The highest BCUT2D eigenvalue weighted by Crippen LogP contribution is 2.19. The molecule has 0 radical (unpaired) electrons.